The molecule has 1 fully saturated rings. The van der Waals surface area contributed by atoms with Crippen LogP contribution in [0.4, 0.5) is 0 Å². The molecule has 0 aliphatic carbocycles. The van der Waals surface area contributed by atoms with Crippen LogP contribution in [0.1, 0.15) is 39.2 Å². The van der Waals surface area contributed by atoms with Gasteiger partial charge in [-0.1, -0.05) is 32.4 Å². The maximum absolute atomic E-state index is 6.19. The van der Waals surface area contributed by atoms with Crippen molar-refractivity contribution in [3.63, 3.8) is 0 Å². The van der Waals surface area contributed by atoms with E-state index >= 15 is 0 Å². The molecule has 5 nitrogen and oxygen atoms in total. The highest BCUT2D eigenvalue weighted by atomic mass is 35.5. The molecule has 0 amide bonds. The molecule has 0 bridgehead atoms. The minimum Gasteiger partial charge on any atom is -0.354 e. The van der Waals surface area contributed by atoms with Gasteiger partial charge in [-0.25, -0.2) is 15.0 Å². The van der Waals surface area contributed by atoms with E-state index in [0.717, 1.165) is 12.1 Å². The highest BCUT2D eigenvalue weighted by molar-refractivity contribution is 6.33. The smallest absolute Gasteiger partial charge is 0.167 e. The van der Waals surface area contributed by atoms with Crippen LogP contribution < -0.4 is 0 Å². The van der Waals surface area contributed by atoms with Crippen molar-refractivity contribution in [1.29, 1.82) is 0 Å². The van der Waals surface area contributed by atoms with Crippen molar-refractivity contribution in [3.05, 3.63) is 17.3 Å². The fourth-order valence-corrected chi connectivity index (χ4v) is 3.24. The number of fused-ring (bicyclic) bond motifs is 1. The first kappa shape index (κ1) is 13.8. The Morgan fingerprint density at radius 1 is 1.30 bits per heavy atom. The molecule has 0 aromatic carbocycles. The molecule has 4 atom stereocenters. The van der Waals surface area contributed by atoms with Crippen molar-refractivity contribution in [2.24, 2.45) is 11.8 Å². The molecule has 1 aliphatic heterocycles. The zero-order valence-electron chi connectivity index (χ0n) is 12.2. The van der Waals surface area contributed by atoms with Gasteiger partial charge in [0.25, 0.3) is 0 Å². The van der Waals surface area contributed by atoms with Gasteiger partial charge >= 0.3 is 0 Å². The largest absolute Gasteiger partial charge is 0.354 e. The SMILES string of the molecule is CCC1OC(n2cnc3c(Cl)nc(C)nc32)C(C)C1C. The fraction of sp³-hybridized carbons (Fsp3) is 0.643. The van der Waals surface area contributed by atoms with Gasteiger partial charge in [0.05, 0.1) is 12.4 Å². The number of ether oxygens (including phenoxy) is 1. The first-order valence-corrected chi connectivity index (χ1v) is 7.42. The summed E-state index contributed by atoms with van der Waals surface area (Å²) in [5.74, 6) is 1.57. The molecule has 1 aliphatic rings. The minimum absolute atomic E-state index is 0.0367. The van der Waals surface area contributed by atoms with E-state index in [1.54, 1.807) is 6.33 Å². The summed E-state index contributed by atoms with van der Waals surface area (Å²) in [6.07, 6.45) is 3.02. The fourth-order valence-electron chi connectivity index (χ4n) is 2.98. The van der Waals surface area contributed by atoms with Crippen LogP contribution in [0.3, 0.4) is 0 Å². The van der Waals surface area contributed by atoms with E-state index in [-0.39, 0.29) is 12.3 Å². The molecular weight excluding hydrogens is 276 g/mol. The van der Waals surface area contributed by atoms with Crippen LogP contribution in [-0.2, 0) is 4.74 Å². The number of hydrogen-bond donors (Lipinski definition) is 0. The molecule has 4 unspecified atom stereocenters. The van der Waals surface area contributed by atoms with Crippen LogP contribution >= 0.6 is 11.6 Å². The molecule has 20 heavy (non-hydrogen) atoms. The zero-order chi connectivity index (χ0) is 14.4. The number of nitrogens with zero attached hydrogens (tertiary/aromatic N) is 4. The van der Waals surface area contributed by atoms with E-state index in [0.29, 0.717) is 28.3 Å². The van der Waals surface area contributed by atoms with E-state index < -0.39 is 0 Å². The van der Waals surface area contributed by atoms with Crippen LogP contribution in [0.5, 0.6) is 0 Å². The molecule has 1 saturated heterocycles. The van der Waals surface area contributed by atoms with Crippen molar-refractivity contribution < 1.29 is 4.74 Å². The van der Waals surface area contributed by atoms with Crippen molar-refractivity contribution >= 4 is 22.8 Å². The summed E-state index contributed by atoms with van der Waals surface area (Å²) in [4.78, 5) is 13.0. The second kappa shape index (κ2) is 4.97. The van der Waals surface area contributed by atoms with Crippen molar-refractivity contribution in [2.75, 3.05) is 0 Å². The first-order chi connectivity index (χ1) is 9.52. The van der Waals surface area contributed by atoms with Gasteiger partial charge in [-0.05, 0) is 19.3 Å². The Morgan fingerprint density at radius 2 is 2.05 bits per heavy atom. The maximum Gasteiger partial charge on any atom is 0.167 e. The number of hydrogen-bond acceptors (Lipinski definition) is 4. The normalized spacial score (nSPS) is 30.2. The standard InChI is InChI=1S/C14H19ClN4O/c1-5-10-7(2)8(3)14(20-10)19-6-16-11-12(15)17-9(4)18-13(11)19/h6-8,10,14H,5H2,1-4H3. The van der Waals surface area contributed by atoms with Crippen LogP contribution in [0.25, 0.3) is 11.2 Å². The van der Waals surface area contributed by atoms with Gasteiger partial charge in [-0.3, -0.25) is 4.57 Å². The molecule has 2 aromatic rings. The average molecular weight is 295 g/mol. The highest BCUT2D eigenvalue weighted by Crippen LogP contribution is 2.41. The minimum atomic E-state index is -0.0367. The van der Waals surface area contributed by atoms with Gasteiger partial charge in [-0.2, -0.15) is 0 Å². The monoisotopic (exact) mass is 294 g/mol. The average Bonchev–Trinajstić information content (AvgIpc) is 2.93. The molecule has 0 radical (unpaired) electrons. The van der Waals surface area contributed by atoms with Crippen LogP contribution in [-0.4, -0.2) is 25.6 Å². The summed E-state index contributed by atoms with van der Waals surface area (Å²) < 4.78 is 8.18. The Hall–Kier alpha value is -1.20. The molecule has 0 saturated carbocycles. The molecule has 0 N–H and O–H groups in total. The lowest BCUT2D eigenvalue weighted by molar-refractivity contribution is -0.0120. The van der Waals surface area contributed by atoms with Crippen molar-refractivity contribution in [1.82, 2.24) is 19.5 Å². The van der Waals surface area contributed by atoms with Crippen LogP contribution in [0.2, 0.25) is 5.15 Å². The molecule has 3 heterocycles. The molecule has 6 heteroatoms. The third kappa shape index (κ3) is 2.00. The predicted octanol–water partition coefficient (Wildman–Crippen LogP) is 3.37. The van der Waals surface area contributed by atoms with Crippen LogP contribution in [0, 0.1) is 18.8 Å². The number of aryl methyl sites for hydroxylation is 1. The summed E-state index contributed by atoms with van der Waals surface area (Å²) in [5, 5.41) is 0.400. The molecule has 3 rings (SSSR count). The zero-order valence-corrected chi connectivity index (χ0v) is 12.9. The Labute approximate surface area is 123 Å². The number of imidazole rings is 1. The van der Waals surface area contributed by atoms with Gasteiger partial charge in [0, 0.05) is 5.92 Å². The third-order valence-electron chi connectivity index (χ3n) is 4.35. The summed E-state index contributed by atoms with van der Waals surface area (Å²) in [7, 11) is 0. The Kier molecular flexibility index (Phi) is 3.42. The lowest BCUT2D eigenvalue weighted by Gasteiger charge is -2.18. The van der Waals surface area contributed by atoms with Gasteiger partial charge in [0.2, 0.25) is 0 Å². The molecule has 0 spiro atoms. The van der Waals surface area contributed by atoms with E-state index in [1.165, 1.54) is 0 Å². The molecule has 108 valence electrons. The van der Waals surface area contributed by atoms with E-state index in [1.807, 2.05) is 11.5 Å². The highest BCUT2D eigenvalue weighted by Gasteiger charge is 2.39. The van der Waals surface area contributed by atoms with Crippen LogP contribution in [0.15, 0.2) is 6.33 Å². The maximum atomic E-state index is 6.19. The topological polar surface area (TPSA) is 52.8 Å². The quantitative estimate of drug-likeness (QED) is 0.797. The summed E-state index contributed by atoms with van der Waals surface area (Å²) >= 11 is 6.14. The van der Waals surface area contributed by atoms with Crippen molar-refractivity contribution in [3.8, 4) is 0 Å². The van der Waals surface area contributed by atoms with E-state index in [2.05, 4.69) is 35.7 Å². The predicted molar refractivity (Wildman–Crippen MR) is 77.6 cm³/mol. The van der Waals surface area contributed by atoms with Gasteiger partial charge in [-0.15, -0.1) is 0 Å². The first-order valence-electron chi connectivity index (χ1n) is 7.05. The Balaban J connectivity index is 2.07. The number of halogens is 1. The Morgan fingerprint density at radius 3 is 2.70 bits per heavy atom. The second-order valence-electron chi connectivity index (χ2n) is 5.58. The number of aromatic nitrogens is 4. The number of rotatable bonds is 2. The van der Waals surface area contributed by atoms with Gasteiger partial charge in [0.15, 0.2) is 10.8 Å². The van der Waals surface area contributed by atoms with Crippen molar-refractivity contribution in [2.45, 2.75) is 46.4 Å². The second-order valence-corrected chi connectivity index (χ2v) is 5.94. The lowest BCUT2D eigenvalue weighted by atomic mass is 9.91. The van der Waals surface area contributed by atoms with Gasteiger partial charge in [0.1, 0.15) is 17.6 Å². The molecule has 2 aromatic heterocycles. The summed E-state index contributed by atoms with van der Waals surface area (Å²) in [6.45, 7) is 8.45. The third-order valence-corrected chi connectivity index (χ3v) is 4.61. The van der Waals surface area contributed by atoms with E-state index in [4.69, 9.17) is 16.3 Å². The molecular formula is C14H19ClN4O. The van der Waals surface area contributed by atoms with E-state index in [9.17, 15) is 0 Å². The summed E-state index contributed by atoms with van der Waals surface area (Å²) in [5.41, 5.74) is 1.39. The lowest BCUT2D eigenvalue weighted by Crippen LogP contribution is -2.15. The summed E-state index contributed by atoms with van der Waals surface area (Å²) in [6, 6.07) is 0. The Bertz CT molecular complexity index is 641. The van der Waals surface area contributed by atoms with Gasteiger partial charge < -0.3 is 4.74 Å².